The number of nitrogens with zero attached hydrogens (tertiary/aromatic N) is 2. The van der Waals surface area contributed by atoms with Crippen LogP contribution in [-0.4, -0.2) is 15.4 Å². The van der Waals surface area contributed by atoms with E-state index in [1.54, 1.807) is 0 Å². The summed E-state index contributed by atoms with van der Waals surface area (Å²) < 4.78 is 7.60. The van der Waals surface area contributed by atoms with Crippen molar-refractivity contribution < 1.29 is 9.53 Å². The zero-order chi connectivity index (χ0) is 16.3. The fourth-order valence-electron chi connectivity index (χ4n) is 5.74. The Balaban J connectivity index is 1.31. The number of fused-ring (bicyclic) bond motifs is 1. The van der Waals surface area contributed by atoms with Crippen molar-refractivity contribution in [1.82, 2.24) is 9.38 Å². The van der Waals surface area contributed by atoms with E-state index in [1.807, 2.05) is 28.9 Å². The van der Waals surface area contributed by atoms with E-state index in [-0.39, 0.29) is 18.0 Å². The minimum absolute atomic E-state index is 0.0108. The second kappa shape index (κ2) is 5.22. The number of hydrogen-bond acceptors (Lipinski definition) is 3. The Morgan fingerprint density at radius 3 is 2.50 bits per heavy atom. The van der Waals surface area contributed by atoms with Crippen LogP contribution in [0.1, 0.15) is 44.2 Å². The van der Waals surface area contributed by atoms with Crippen LogP contribution in [0.25, 0.3) is 5.65 Å². The van der Waals surface area contributed by atoms with Gasteiger partial charge < -0.3 is 9.14 Å². The molecule has 4 fully saturated rings. The maximum Gasteiger partial charge on any atom is 0.312 e. The average Bonchev–Trinajstić information content (AvgIpc) is 2.93. The van der Waals surface area contributed by atoms with Crippen molar-refractivity contribution in [3.8, 4) is 0 Å². The Labute approximate surface area is 146 Å². The molecule has 0 amide bonds. The lowest BCUT2D eigenvalue weighted by Gasteiger charge is -2.55. The summed E-state index contributed by atoms with van der Waals surface area (Å²) in [4.78, 5) is 17.4. The van der Waals surface area contributed by atoms with Gasteiger partial charge in [0.1, 0.15) is 12.3 Å². The van der Waals surface area contributed by atoms with Crippen molar-refractivity contribution in [2.45, 2.75) is 45.1 Å². The molecule has 4 aliphatic rings. The summed E-state index contributed by atoms with van der Waals surface area (Å²) in [7, 11) is 0. The molecule has 0 saturated heterocycles. The van der Waals surface area contributed by atoms with Crippen LogP contribution >= 0.6 is 11.6 Å². The van der Waals surface area contributed by atoms with E-state index < -0.39 is 0 Å². The van der Waals surface area contributed by atoms with Crippen molar-refractivity contribution >= 4 is 23.2 Å². The second-order valence-corrected chi connectivity index (χ2v) is 8.56. The van der Waals surface area contributed by atoms with Gasteiger partial charge in [0.2, 0.25) is 0 Å². The van der Waals surface area contributed by atoms with Crippen molar-refractivity contribution in [3.63, 3.8) is 0 Å². The number of pyridine rings is 1. The van der Waals surface area contributed by atoms with E-state index in [2.05, 4.69) is 4.98 Å². The van der Waals surface area contributed by atoms with Crippen LogP contribution in [0.2, 0.25) is 5.02 Å². The van der Waals surface area contributed by atoms with Gasteiger partial charge in [-0.15, -0.1) is 0 Å². The molecule has 0 spiro atoms. The molecule has 0 aromatic carbocycles. The molecule has 0 unspecified atom stereocenters. The number of carbonyl (C=O) groups excluding carboxylic acids is 1. The van der Waals surface area contributed by atoms with Crippen LogP contribution in [0.15, 0.2) is 24.5 Å². The Morgan fingerprint density at radius 2 is 1.83 bits per heavy atom. The number of halogens is 1. The fourth-order valence-corrected chi connectivity index (χ4v) is 5.91. The highest BCUT2D eigenvalue weighted by atomic mass is 35.5. The van der Waals surface area contributed by atoms with Gasteiger partial charge in [0.05, 0.1) is 16.1 Å². The molecule has 6 rings (SSSR count). The van der Waals surface area contributed by atoms with Gasteiger partial charge in [-0.1, -0.05) is 11.6 Å². The highest BCUT2D eigenvalue weighted by molar-refractivity contribution is 6.30. The molecule has 2 heterocycles. The van der Waals surface area contributed by atoms with Crippen molar-refractivity contribution in [2.75, 3.05) is 0 Å². The summed E-state index contributed by atoms with van der Waals surface area (Å²) in [5.74, 6) is 2.26. The summed E-state index contributed by atoms with van der Waals surface area (Å²) in [6, 6.07) is 3.68. The lowest BCUT2D eigenvalue weighted by Crippen LogP contribution is -2.50. The van der Waals surface area contributed by atoms with Crippen molar-refractivity contribution in [1.29, 1.82) is 0 Å². The molecule has 4 saturated carbocycles. The number of esters is 1. The first-order valence-corrected chi connectivity index (χ1v) is 9.28. The van der Waals surface area contributed by atoms with Gasteiger partial charge in [-0.2, -0.15) is 0 Å². The molecule has 4 nitrogen and oxygen atoms in total. The molecule has 126 valence electrons. The Kier molecular flexibility index (Phi) is 3.21. The van der Waals surface area contributed by atoms with Crippen LogP contribution in [0.5, 0.6) is 0 Å². The number of imidazole rings is 1. The lowest BCUT2D eigenvalue weighted by atomic mass is 9.49. The Hall–Kier alpha value is -1.55. The number of carbonyl (C=O) groups is 1. The largest absolute Gasteiger partial charge is 0.459 e. The first-order chi connectivity index (χ1) is 11.6. The topological polar surface area (TPSA) is 43.6 Å². The molecule has 4 bridgehead atoms. The molecule has 24 heavy (non-hydrogen) atoms. The number of rotatable bonds is 3. The van der Waals surface area contributed by atoms with Crippen LogP contribution in [0.3, 0.4) is 0 Å². The monoisotopic (exact) mass is 344 g/mol. The second-order valence-electron chi connectivity index (χ2n) is 8.12. The van der Waals surface area contributed by atoms with E-state index in [9.17, 15) is 4.79 Å². The first kappa shape index (κ1) is 14.8. The number of hydrogen-bond donors (Lipinski definition) is 0. The molecule has 0 aliphatic heterocycles. The smallest absolute Gasteiger partial charge is 0.312 e. The third-order valence-electron chi connectivity index (χ3n) is 6.29. The third-order valence-corrected chi connectivity index (χ3v) is 6.51. The number of ether oxygens (including phenoxy) is 1. The quantitative estimate of drug-likeness (QED) is 0.782. The summed E-state index contributed by atoms with van der Waals surface area (Å²) in [5, 5.41) is 0.664. The molecule has 5 heteroatoms. The fraction of sp³-hybridized carbons (Fsp3) is 0.579. The number of aromatic nitrogens is 2. The van der Waals surface area contributed by atoms with Gasteiger partial charge in [0, 0.05) is 12.4 Å². The van der Waals surface area contributed by atoms with Crippen LogP contribution in [-0.2, 0) is 16.1 Å². The zero-order valence-corrected chi connectivity index (χ0v) is 14.3. The highest BCUT2D eigenvalue weighted by Gasteiger charge is 2.55. The SMILES string of the molecule is O=C(OCc1cn2cc(Cl)ccc2n1)C12CC3CC(CC(C3)C1)C2. The van der Waals surface area contributed by atoms with E-state index in [4.69, 9.17) is 16.3 Å². The molecule has 2 aromatic heterocycles. The predicted molar refractivity (Wildman–Crippen MR) is 90.6 cm³/mol. The van der Waals surface area contributed by atoms with Gasteiger partial charge in [0.15, 0.2) is 0 Å². The summed E-state index contributed by atoms with van der Waals surface area (Å²) in [5.41, 5.74) is 1.40. The minimum atomic E-state index is -0.197. The van der Waals surface area contributed by atoms with Gasteiger partial charge in [-0.05, 0) is 68.4 Å². The van der Waals surface area contributed by atoms with Gasteiger partial charge in [0.25, 0.3) is 0 Å². The lowest BCUT2D eigenvalue weighted by molar-refractivity contribution is -0.173. The molecule has 2 aromatic rings. The van der Waals surface area contributed by atoms with Gasteiger partial charge in [-0.3, -0.25) is 4.79 Å². The first-order valence-electron chi connectivity index (χ1n) is 8.90. The maximum absolute atomic E-state index is 12.9. The van der Waals surface area contributed by atoms with Crippen molar-refractivity contribution in [2.24, 2.45) is 23.2 Å². The van der Waals surface area contributed by atoms with Crippen LogP contribution in [0, 0.1) is 23.2 Å². The molecular formula is C19H21ClN2O2. The molecule has 0 atom stereocenters. The zero-order valence-electron chi connectivity index (χ0n) is 13.6. The van der Waals surface area contributed by atoms with E-state index in [0.29, 0.717) is 5.02 Å². The van der Waals surface area contributed by atoms with E-state index in [1.165, 1.54) is 19.3 Å². The summed E-state index contributed by atoms with van der Waals surface area (Å²) in [6.07, 6.45) is 10.8. The third kappa shape index (κ3) is 2.34. The molecule has 0 radical (unpaired) electrons. The summed E-state index contributed by atoms with van der Waals surface area (Å²) >= 11 is 6.00. The maximum atomic E-state index is 12.9. The molecular weight excluding hydrogens is 324 g/mol. The average molecular weight is 345 g/mol. The highest BCUT2D eigenvalue weighted by Crippen LogP contribution is 2.60. The minimum Gasteiger partial charge on any atom is -0.459 e. The van der Waals surface area contributed by atoms with Gasteiger partial charge >= 0.3 is 5.97 Å². The van der Waals surface area contributed by atoms with Crippen molar-refractivity contribution in [3.05, 3.63) is 35.2 Å². The molecule has 0 N–H and O–H groups in total. The summed E-state index contributed by atoms with van der Waals surface area (Å²) in [6.45, 7) is 0.250. The normalized spacial score (nSPS) is 34.0. The molecule has 4 aliphatic carbocycles. The van der Waals surface area contributed by atoms with E-state index >= 15 is 0 Å². The van der Waals surface area contributed by atoms with Crippen LogP contribution < -0.4 is 0 Å². The van der Waals surface area contributed by atoms with Crippen LogP contribution in [0.4, 0.5) is 0 Å². The predicted octanol–water partition coefficient (Wildman–Crippen LogP) is 4.25. The Bertz CT molecular complexity index is 778. The Morgan fingerprint density at radius 1 is 1.17 bits per heavy atom. The van der Waals surface area contributed by atoms with E-state index in [0.717, 1.165) is 48.4 Å². The van der Waals surface area contributed by atoms with Gasteiger partial charge in [-0.25, -0.2) is 4.98 Å². The standard InChI is InChI=1S/C19H21ClN2O2/c20-15-1-2-17-21-16(10-22(17)9-15)11-24-18(23)19-6-12-3-13(7-19)5-14(4-12)8-19/h1-2,9-10,12-14H,3-8,11H2.